The highest BCUT2D eigenvalue weighted by molar-refractivity contribution is 7.45. The van der Waals surface area contributed by atoms with Gasteiger partial charge in [-0.15, -0.1) is 0 Å². The summed E-state index contributed by atoms with van der Waals surface area (Å²) in [4.78, 5) is 25.1. The number of nitrogens with one attached hydrogen (secondary N) is 1. The fourth-order valence-corrected chi connectivity index (χ4v) is 6.05. The van der Waals surface area contributed by atoms with Crippen LogP contribution in [0.15, 0.2) is 0 Å². The van der Waals surface area contributed by atoms with Gasteiger partial charge in [0.15, 0.2) is 0 Å². The highest BCUT2D eigenvalue weighted by Crippen LogP contribution is 2.38. The molecule has 8 nitrogen and oxygen atoms in total. The molecule has 2 N–H and O–H groups in total. The Morgan fingerprint density at radius 3 is 1.55 bits per heavy atom. The first-order valence-electron chi connectivity index (χ1n) is 18.4. The van der Waals surface area contributed by atoms with Gasteiger partial charge in [-0.1, -0.05) is 149 Å². The van der Waals surface area contributed by atoms with Crippen LogP contribution < -0.4 is 10.2 Å². The Morgan fingerprint density at radius 2 is 1.11 bits per heavy atom. The lowest BCUT2D eigenvalue weighted by Crippen LogP contribution is -2.46. The summed E-state index contributed by atoms with van der Waals surface area (Å²) in [6, 6.07) is -0.789. The molecule has 0 aliphatic carbocycles. The molecule has 9 heteroatoms. The minimum absolute atomic E-state index is 0.0153. The Hall–Kier alpha value is -0.500. The number of hydrogen-bond acceptors (Lipinski definition) is 6. The van der Waals surface area contributed by atoms with Crippen LogP contribution in [0.2, 0.25) is 0 Å². The Bertz CT molecular complexity index is 703. The predicted octanol–water partition coefficient (Wildman–Crippen LogP) is 8.44. The normalized spacial score (nSPS) is 14.8. The van der Waals surface area contributed by atoms with Gasteiger partial charge >= 0.3 is 0 Å². The van der Waals surface area contributed by atoms with Crippen molar-refractivity contribution in [1.82, 2.24) is 5.32 Å². The standard InChI is InChI=1S/C35H73N2O6P/c1-6-8-10-12-14-16-18-19-21-23-25-27-29-35(39)36-33(32-43-44(40,41)42-31-30-37(3,4)5)34(38)28-26-24-22-20-17-15-13-11-9-7-2/h33-34,38H,6-32H2,1-5H3,(H-,36,39,40,41)/t33-,34+/m0/s1. The molecule has 1 amide bonds. The maximum absolute atomic E-state index is 12.7. The lowest BCUT2D eigenvalue weighted by molar-refractivity contribution is -0.870. The van der Waals surface area contributed by atoms with Crippen molar-refractivity contribution in [3.63, 3.8) is 0 Å². The second-order valence-electron chi connectivity index (χ2n) is 13.9. The Kier molecular flexibility index (Phi) is 28.4. The number of carbonyl (C=O) groups is 1. The molecule has 0 rings (SSSR count). The van der Waals surface area contributed by atoms with E-state index in [0.717, 1.165) is 38.5 Å². The summed E-state index contributed by atoms with van der Waals surface area (Å²) in [5.74, 6) is -0.167. The maximum Gasteiger partial charge on any atom is 0.268 e. The van der Waals surface area contributed by atoms with Crippen molar-refractivity contribution in [2.45, 2.75) is 180 Å². The van der Waals surface area contributed by atoms with E-state index >= 15 is 0 Å². The van der Waals surface area contributed by atoms with Crippen molar-refractivity contribution >= 4 is 13.7 Å². The van der Waals surface area contributed by atoms with Crippen molar-refractivity contribution in [3.8, 4) is 0 Å². The van der Waals surface area contributed by atoms with Gasteiger partial charge in [0.2, 0.25) is 5.91 Å². The number of quaternary nitrogens is 1. The van der Waals surface area contributed by atoms with Crippen LogP contribution >= 0.6 is 7.82 Å². The van der Waals surface area contributed by atoms with E-state index in [1.807, 2.05) is 21.1 Å². The lowest BCUT2D eigenvalue weighted by atomic mass is 10.0. The number of aliphatic hydroxyl groups excluding tert-OH is 1. The maximum atomic E-state index is 12.7. The lowest BCUT2D eigenvalue weighted by Gasteiger charge is -2.30. The zero-order valence-corrected chi connectivity index (χ0v) is 30.5. The van der Waals surface area contributed by atoms with Crippen LogP contribution in [0.1, 0.15) is 168 Å². The third kappa shape index (κ3) is 30.2. The number of carbonyl (C=O) groups excluding carboxylic acids is 1. The molecular weight excluding hydrogens is 575 g/mol. The highest BCUT2D eigenvalue weighted by Gasteiger charge is 2.24. The van der Waals surface area contributed by atoms with Gasteiger partial charge in [-0.3, -0.25) is 9.36 Å². The average molecular weight is 649 g/mol. The van der Waals surface area contributed by atoms with E-state index in [2.05, 4.69) is 19.2 Å². The molecule has 0 aromatic rings. The number of likely N-dealkylation sites (N-methyl/N-ethyl adjacent to an activating group) is 1. The third-order valence-corrected chi connectivity index (χ3v) is 9.31. The van der Waals surface area contributed by atoms with E-state index in [4.69, 9.17) is 9.05 Å². The largest absolute Gasteiger partial charge is 0.756 e. The van der Waals surface area contributed by atoms with E-state index < -0.39 is 20.0 Å². The fourth-order valence-electron chi connectivity index (χ4n) is 5.33. The molecule has 0 heterocycles. The quantitative estimate of drug-likeness (QED) is 0.0420. The third-order valence-electron chi connectivity index (χ3n) is 8.35. The molecule has 0 fully saturated rings. The number of aliphatic hydroxyl groups is 1. The molecule has 0 bridgehead atoms. The molecule has 0 aromatic carbocycles. The summed E-state index contributed by atoms with van der Waals surface area (Å²) in [6.07, 6.45) is 26.7. The van der Waals surface area contributed by atoms with Gasteiger partial charge < -0.3 is 28.8 Å². The first kappa shape index (κ1) is 43.5. The van der Waals surface area contributed by atoms with Crippen LogP contribution in [0.25, 0.3) is 0 Å². The Balaban J connectivity index is 4.47. The monoisotopic (exact) mass is 649 g/mol. The van der Waals surface area contributed by atoms with Crippen molar-refractivity contribution in [3.05, 3.63) is 0 Å². The molecule has 3 atom stereocenters. The summed E-state index contributed by atoms with van der Waals surface area (Å²) < 4.78 is 23.1. The zero-order chi connectivity index (χ0) is 32.9. The van der Waals surface area contributed by atoms with Gasteiger partial charge in [0, 0.05) is 6.42 Å². The van der Waals surface area contributed by atoms with E-state index in [-0.39, 0.29) is 19.1 Å². The van der Waals surface area contributed by atoms with Gasteiger partial charge in [-0.25, -0.2) is 0 Å². The van der Waals surface area contributed by atoms with Crippen LogP contribution in [0, 0.1) is 0 Å². The molecule has 0 saturated carbocycles. The van der Waals surface area contributed by atoms with Gasteiger partial charge in [-0.2, -0.15) is 0 Å². The number of unbranched alkanes of at least 4 members (excludes halogenated alkanes) is 20. The number of phosphoric ester groups is 1. The van der Waals surface area contributed by atoms with Crippen molar-refractivity contribution in [2.24, 2.45) is 0 Å². The van der Waals surface area contributed by atoms with E-state index in [1.54, 1.807) is 0 Å². The van der Waals surface area contributed by atoms with E-state index in [1.165, 1.54) is 103 Å². The summed E-state index contributed by atoms with van der Waals surface area (Å²) in [5.41, 5.74) is 0. The number of amides is 1. The molecule has 44 heavy (non-hydrogen) atoms. The minimum atomic E-state index is -4.54. The first-order valence-corrected chi connectivity index (χ1v) is 19.8. The number of phosphoric acid groups is 1. The Labute approximate surface area is 272 Å². The van der Waals surface area contributed by atoms with Crippen LogP contribution in [-0.2, 0) is 18.4 Å². The molecule has 0 radical (unpaired) electrons. The predicted molar refractivity (Wildman–Crippen MR) is 183 cm³/mol. The van der Waals surface area contributed by atoms with Crippen molar-refractivity contribution in [2.75, 3.05) is 40.9 Å². The van der Waals surface area contributed by atoms with E-state index in [9.17, 15) is 19.4 Å². The second kappa shape index (κ2) is 28.7. The highest BCUT2D eigenvalue weighted by atomic mass is 31.2. The summed E-state index contributed by atoms with van der Waals surface area (Å²) >= 11 is 0. The molecule has 1 unspecified atom stereocenters. The van der Waals surface area contributed by atoms with Gasteiger partial charge in [0.25, 0.3) is 7.82 Å². The molecule has 0 aromatic heterocycles. The Morgan fingerprint density at radius 1 is 0.705 bits per heavy atom. The van der Waals surface area contributed by atoms with Crippen LogP contribution in [0.5, 0.6) is 0 Å². The molecule has 0 spiro atoms. The zero-order valence-electron chi connectivity index (χ0n) is 29.6. The first-order chi connectivity index (χ1) is 21.0. The molecule has 0 aliphatic rings. The second-order valence-corrected chi connectivity index (χ2v) is 15.4. The summed E-state index contributed by atoms with van der Waals surface area (Å²) in [5, 5.41) is 13.8. The molecular formula is C35H73N2O6P. The minimum Gasteiger partial charge on any atom is -0.756 e. The van der Waals surface area contributed by atoms with Crippen molar-refractivity contribution in [1.29, 1.82) is 0 Å². The molecule has 264 valence electrons. The van der Waals surface area contributed by atoms with Gasteiger partial charge in [0.1, 0.15) is 13.2 Å². The summed E-state index contributed by atoms with van der Waals surface area (Å²) in [7, 11) is 1.31. The van der Waals surface area contributed by atoms with Crippen molar-refractivity contribution < 1.29 is 32.9 Å². The van der Waals surface area contributed by atoms with Gasteiger partial charge in [0.05, 0.1) is 39.9 Å². The number of hydrogen-bond donors (Lipinski definition) is 2. The number of nitrogens with zero attached hydrogens (tertiary/aromatic N) is 1. The molecule has 0 saturated heterocycles. The number of rotatable bonds is 33. The van der Waals surface area contributed by atoms with Crippen LogP contribution in [-0.4, -0.2) is 68.5 Å². The fraction of sp³-hybridized carbons (Fsp3) is 0.971. The van der Waals surface area contributed by atoms with E-state index in [0.29, 0.717) is 23.9 Å². The molecule has 0 aliphatic heterocycles. The summed E-state index contributed by atoms with van der Waals surface area (Å²) in [6.45, 7) is 4.68. The van der Waals surface area contributed by atoms with Crippen LogP contribution in [0.3, 0.4) is 0 Å². The SMILES string of the molecule is CCCCCCCCCCCCCCC(=O)N[C@@H](COP(=O)([O-])OCC[N+](C)(C)C)[C@H](O)CCCCCCCCCCCC. The topological polar surface area (TPSA) is 108 Å². The smallest absolute Gasteiger partial charge is 0.268 e. The van der Waals surface area contributed by atoms with Gasteiger partial charge in [-0.05, 0) is 12.8 Å². The average Bonchev–Trinajstić information content (AvgIpc) is 2.95. The van der Waals surface area contributed by atoms with Crippen LogP contribution in [0.4, 0.5) is 0 Å².